The fourth-order valence-electron chi connectivity index (χ4n) is 1.52. The molecule has 0 fully saturated rings. The Bertz CT molecular complexity index is 585. The van der Waals surface area contributed by atoms with E-state index in [1.54, 1.807) is 19.1 Å². The van der Waals surface area contributed by atoms with Gasteiger partial charge in [-0.25, -0.2) is 13.1 Å². The Morgan fingerprint density at radius 3 is 2.79 bits per heavy atom. The highest BCUT2D eigenvalue weighted by Crippen LogP contribution is 2.13. The summed E-state index contributed by atoms with van der Waals surface area (Å²) in [6, 6.07) is 6.05. The second-order valence-electron chi connectivity index (χ2n) is 4.01. The van der Waals surface area contributed by atoms with Gasteiger partial charge in [0.1, 0.15) is 0 Å². The number of hydrogen-bond donors (Lipinski definition) is 1. The van der Waals surface area contributed by atoms with Gasteiger partial charge in [0.25, 0.3) is 0 Å². The number of nitrogens with one attached hydrogen (secondary N) is 1. The summed E-state index contributed by atoms with van der Waals surface area (Å²) in [4.78, 5) is 11.7. The van der Waals surface area contributed by atoms with Crippen LogP contribution in [0.5, 0.6) is 0 Å². The molecule has 1 aromatic carbocycles. The average molecular weight is 279 g/mol. The minimum Gasteiger partial charge on any atom is -0.294 e. The third-order valence-electron chi connectivity index (χ3n) is 2.58. The number of rotatable bonds is 7. The summed E-state index contributed by atoms with van der Waals surface area (Å²) in [6.07, 6.45) is 6.55. The summed E-state index contributed by atoms with van der Waals surface area (Å²) in [5.41, 5.74) is 0.411. The number of Topliss-reactive ketones (excluding diaryl/α,β-unsaturated/α-hetero) is 1. The fourth-order valence-corrected chi connectivity index (χ4v) is 2.64. The summed E-state index contributed by atoms with van der Waals surface area (Å²) >= 11 is 0. The lowest BCUT2D eigenvalue weighted by molar-refractivity contribution is 0.0988. The monoisotopic (exact) mass is 279 g/mol. The predicted octanol–water partition coefficient (Wildman–Crippen LogP) is 1.97. The van der Waals surface area contributed by atoms with Crippen molar-refractivity contribution in [2.45, 2.75) is 31.1 Å². The standard InChI is InChI=1S/C14H17NO3S/c1-3-5-6-10-15-19(17,18)13-9-7-8-12(11-13)14(16)4-2/h1,7-9,11,15H,4-6,10H2,2H3. The lowest BCUT2D eigenvalue weighted by atomic mass is 10.1. The Morgan fingerprint density at radius 1 is 1.42 bits per heavy atom. The molecule has 1 rings (SSSR count). The van der Waals surface area contributed by atoms with Gasteiger partial charge >= 0.3 is 0 Å². The second-order valence-corrected chi connectivity index (χ2v) is 5.78. The quantitative estimate of drug-likeness (QED) is 0.471. The molecule has 0 spiro atoms. The van der Waals surface area contributed by atoms with Gasteiger partial charge in [-0.15, -0.1) is 12.3 Å². The van der Waals surface area contributed by atoms with E-state index in [4.69, 9.17) is 6.42 Å². The molecule has 0 heterocycles. The van der Waals surface area contributed by atoms with Gasteiger partial charge < -0.3 is 0 Å². The van der Waals surface area contributed by atoms with E-state index < -0.39 is 10.0 Å². The Labute approximate surface area is 114 Å². The Morgan fingerprint density at radius 2 is 2.16 bits per heavy atom. The smallest absolute Gasteiger partial charge is 0.240 e. The molecule has 19 heavy (non-hydrogen) atoms. The van der Waals surface area contributed by atoms with Gasteiger partial charge in [0.15, 0.2) is 5.78 Å². The molecule has 5 heteroatoms. The number of ketones is 1. The van der Waals surface area contributed by atoms with Gasteiger partial charge in [-0.2, -0.15) is 0 Å². The van der Waals surface area contributed by atoms with Crippen molar-refractivity contribution >= 4 is 15.8 Å². The maximum absolute atomic E-state index is 12.0. The minimum atomic E-state index is -3.58. The summed E-state index contributed by atoms with van der Waals surface area (Å²) in [7, 11) is -3.58. The average Bonchev–Trinajstić information content (AvgIpc) is 2.43. The van der Waals surface area contributed by atoms with Crippen LogP contribution in [0.1, 0.15) is 36.5 Å². The van der Waals surface area contributed by atoms with E-state index in [1.165, 1.54) is 12.1 Å². The number of sulfonamides is 1. The van der Waals surface area contributed by atoms with Gasteiger partial charge in [-0.1, -0.05) is 19.1 Å². The molecule has 0 aliphatic rings. The normalized spacial score (nSPS) is 10.9. The van der Waals surface area contributed by atoms with Crippen molar-refractivity contribution in [3.05, 3.63) is 29.8 Å². The molecule has 0 amide bonds. The number of unbranched alkanes of at least 4 members (excludes halogenated alkanes) is 1. The molecule has 0 aliphatic carbocycles. The SMILES string of the molecule is C#CCCCNS(=O)(=O)c1cccc(C(=O)CC)c1. The topological polar surface area (TPSA) is 63.2 Å². The first-order valence-electron chi connectivity index (χ1n) is 6.07. The van der Waals surface area contributed by atoms with E-state index in [1.807, 2.05) is 0 Å². The van der Waals surface area contributed by atoms with Gasteiger partial charge in [-0.05, 0) is 18.6 Å². The summed E-state index contributed by atoms with van der Waals surface area (Å²) in [5, 5.41) is 0. The van der Waals surface area contributed by atoms with Crippen molar-refractivity contribution in [1.82, 2.24) is 4.72 Å². The van der Waals surface area contributed by atoms with Crippen LogP contribution in [0.15, 0.2) is 29.2 Å². The molecule has 102 valence electrons. The maximum atomic E-state index is 12.0. The van der Waals surface area contributed by atoms with Crippen LogP contribution in [-0.4, -0.2) is 20.7 Å². The zero-order chi connectivity index (χ0) is 14.3. The van der Waals surface area contributed by atoms with Crippen LogP contribution in [0.3, 0.4) is 0 Å². The van der Waals surface area contributed by atoms with E-state index in [0.29, 0.717) is 31.4 Å². The molecule has 4 nitrogen and oxygen atoms in total. The molecule has 0 radical (unpaired) electrons. The Hall–Kier alpha value is -1.64. The van der Waals surface area contributed by atoms with E-state index in [2.05, 4.69) is 10.6 Å². The van der Waals surface area contributed by atoms with Crippen LogP contribution in [-0.2, 0) is 10.0 Å². The van der Waals surface area contributed by atoms with Gasteiger partial charge in [0.05, 0.1) is 4.90 Å². The van der Waals surface area contributed by atoms with Crippen LogP contribution < -0.4 is 4.72 Å². The molecule has 0 unspecified atom stereocenters. The second kappa shape index (κ2) is 7.07. The molecule has 0 saturated carbocycles. The van der Waals surface area contributed by atoms with Gasteiger partial charge in [0.2, 0.25) is 10.0 Å². The van der Waals surface area contributed by atoms with Crippen molar-refractivity contribution < 1.29 is 13.2 Å². The molecule has 1 N–H and O–H groups in total. The van der Waals surface area contributed by atoms with E-state index in [9.17, 15) is 13.2 Å². The third kappa shape index (κ3) is 4.51. The van der Waals surface area contributed by atoms with Crippen LogP contribution in [0.25, 0.3) is 0 Å². The number of carbonyl (C=O) groups is 1. The molecule has 0 aliphatic heterocycles. The Balaban J connectivity index is 2.84. The van der Waals surface area contributed by atoms with E-state index >= 15 is 0 Å². The molecular weight excluding hydrogens is 262 g/mol. The predicted molar refractivity (Wildman–Crippen MR) is 74.3 cm³/mol. The van der Waals surface area contributed by atoms with Crippen LogP contribution >= 0.6 is 0 Å². The van der Waals surface area contributed by atoms with Gasteiger partial charge in [-0.3, -0.25) is 4.79 Å². The van der Waals surface area contributed by atoms with Crippen LogP contribution in [0.2, 0.25) is 0 Å². The zero-order valence-electron chi connectivity index (χ0n) is 10.8. The van der Waals surface area contributed by atoms with E-state index in [0.717, 1.165) is 0 Å². The molecular formula is C14H17NO3S. The largest absolute Gasteiger partial charge is 0.294 e. The summed E-state index contributed by atoms with van der Waals surface area (Å²) in [5.74, 6) is 2.37. The number of hydrogen-bond acceptors (Lipinski definition) is 3. The molecule has 0 saturated heterocycles. The lowest BCUT2D eigenvalue weighted by Gasteiger charge is -2.07. The van der Waals surface area contributed by atoms with Crippen molar-refractivity contribution in [3.63, 3.8) is 0 Å². The van der Waals surface area contributed by atoms with Crippen molar-refractivity contribution in [1.29, 1.82) is 0 Å². The van der Waals surface area contributed by atoms with Crippen molar-refractivity contribution in [2.24, 2.45) is 0 Å². The van der Waals surface area contributed by atoms with Crippen LogP contribution in [0, 0.1) is 12.3 Å². The number of carbonyl (C=O) groups excluding carboxylic acids is 1. The van der Waals surface area contributed by atoms with Crippen LogP contribution in [0.4, 0.5) is 0 Å². The highest BCUT2D eigenvalue weighted by Gasteiger charge is 2.14. The zero-order valence-corrected chi connectivity index (χ0v) is 11.7. The molecule has 1 aromatic rings. The summed E-state index contributed by atoms with van der Waals surface area (Å²) < 4.78 is 26.4. The first-order chi connectivity index (χ1) is 9.01. The van der Waals surface area contributed by atoms with Crippen molar-refractivity contribution in [2.75, 3.05) is 6.54 Å². The number of terminal acetylenes is 1. The highest BCUT2D eigenvalue weighted by molar-refractivity contribution is 7.89. The minimum absolute atomic E-state index is 0.0793. The first-order valence-corrected chi connectivity index (χ1v) is 7.56. The lowest BCUT2D eigenvalue weighted by Crippen LogP contribution is -2.25. The molecule has 0 atom stereocenters. The fraction of sp³-hybridized carbons (Fsp3) is 0.357. The third-order valence-corrected chi connectivity index (χ3v) is 4.04. The molecule has 0 bridgehead atoms. The van der Waals surface area contributed by atoms with Crippen molar-refractivity contribution in [3.8, 4) is 12.3 Å². The highest BCUT2D eigenvalue weighted by atomic mass is 32.2. The Kier molecular flexibility index (Phi) is 5.74. The molecule has 0 aromatic heterocycles. The summed E-state index contributed by atoms with van der Waals surface area (Å²) in [6.45, 7) is 2.03. The first kappa shape index (κ1) is 15.4. The maximum Gasteiger partial charge on any atom is 0.240 e. The van der Waals surface area contributed by atoms with Gasteiger partial charge in [0, 0.05) is 24.9 Å². The number of benzene rings is 1. The van der Waals surface area contributed by atoms with E-state index in [-0.39, 0.29) is 10.7 Å².